The van der Waals surface area contributed by atoms with E-state index in [0.717, 1.165) is 48.8 Å². The maximum atomic E-state index is 10.4. The van der Waals surface area contributed by atoms with E-state index in [1.54, 1.807) is 0 Å². The van der Waals surface area contributed by atoms with Gasteiger partial charge in [-0.15, -0.1) is 24.0 Å². The van der Waals surface area contributed by atoms with E-state index < -0.39 is 5.60 Å². The molecule has 2 aliphatic heterocycles. The molecule has 21 heavy (non-hydrogen) atoms. The molecular formula is C15H30IN3OS. The number of rotatable bonds is 4. The molecule has 2 atom stereocenters. The van der Waals surface area contributed by atoms with Gasteiger partial charge in [-0.2, -0.15) is 11.8 Å². The predicted octanol–water partition coefficient (Wildman–Crippen LogP) is 2.42. The SMILES string of the molecule is CN=C(NCC1(O)CCSC1)N1CCC(CC(C)C)C1.I. The average Bonchev–Trinajstić information content (AvgIpc) is 3.00. The molecule has 0 spiro atoms. The molecule has 2 unspecified atom stereocenters. The lowest BCUT2D eigenvalue weighted by Crippen LogP contribution is -2.48. The lowest BCUT2D eigenvalue weighted by atomic mass is 9.97. The number of halogens is 1. The number of hydrogen-bond acceptors (Lipinski definition) is 3. The molecule has 2 saturated heterocycles. The summed E-state index contributed by atoms with van der Waals surface area (Å²) in [7, 11) is 1.84. The monoisotopic (exact) mass is 427 g/mol. The zero-order valence-electron chi connectivity index (χ0n) is 13.5. The van der Waals surface area contributed by atoms with Gasteiger partial charge in [-0.25, -0.2) is 0 Å². The summed E-state index contributed by atoms with van der Waals surface area (Å²) >= 11 is 1.84. The third-order valence-corrected chi connectivity index (χ3v) is 5.49. The first-order valence-electron chi connectivity index (χ1n) is 7.78. The Kier molecular flexibility index (Phi) is 8.13. The van der Waals surface area contributed by atoms with Gasteiger partial charge in [-0.3, -0.25) is 4.99 Å². The normalized spacial score (nSPS) is 29.9. The van der Waals surface area contributed by atoms with E-state index in [1.165, 1.54) is 12.8 Å². The Balaban J connectivity index is 0.00000220. The molecule has 4 nitrogen and oxygen atoms in total. The molecule has 124 valence electrons. The fourth-order valence-corrected chi connectivity index (χ4v) is 4.49. The molecule has 0 aliphatic carbocycles. The van der Waals surface area contributed by atoms with Crippen molar-refractivity contribution in [2.45, 2.75) is 38.7 Å². The number of nitrogens with one attached hydrogen (secondary N) is 1. The molecule has 0 aromatic heterocycles. The van der Waals surface area contributed by atoms with Gasteiger partial charge in [-0.1, -0.05) is 13.8 Å². The zero-order valence-corrected chi connectivity index (χ0v) is 16.6. The molecule has 0 bridgehead atoms. The lowest BCUT2D eigenvalue weighted by molar-refractivity contribution is 0.0718. The van der Waals surface area contributed by atoms with Gasteiger partial charge in [0.05, 0.1) is 5.60 Å². The van der Waals surface area contributed by atoms with Gasteiger partial charge in [0.1, 0.15) is 0 Å². The fraction of sp³-hybridized carbons (Fsp3) is 0.933. The van der Waals surface area contributed by atoms with Gasteiger partial charge in [0, 0.05) is 32.4 Å². The second-order valence-electron chi connectivity index (χ2n) is 6.66. The summed E-state index contributed by atoms with van der Waals surface area (Å²) in [6.07, 6.45) is 3.45. The van der Waals surface area contributed by atoms with Crippen molar-refractivity contribution in [1.29, 1.82) is 0 Å². The third kappa shape index (κ3) is 5.78. The summed E-state index contributed by atoms with van der Waals surface area (Å²) < 4.78 is 0. The second kappa shape index (κ2) is 8.82. The number of likely N-dealkylation sites (tertiary alicyclic amines) is 1. The summed E-state index contributed by atoms with van der Waals surface area (Å²) in [5.74, 6) is 4.43. The fourth-order valence-electron chi connectivity index (χ4n) is 3.20. The molecular weight excluding hydrogens is 397 g/mol. The van der Waals surface area contributed by atoms with Crippen LogP contribution in [0.5, 0.6) is 0 Å². The van der Waals surface area contributed by atoms with Gasteiger partial charge in [0.2, 0.25) is 0 Å². The van der Waals surface area contributed by atoms with Crippen molar-refractivity contribution in [3.63, 3.8) is 0 Å². The summed E-state index contributed by atoms with van der Waals surface area (Å²) in [4.78, 5) is 6.74. The highest BCUT2D eigenvalue weighted by Crippen LogP contribution is 2.27. The maximum Gasteiger partial charge on any atom is 0.193 e. The first-order chi connectivity index (χ1) is 9.52. The molecule has 6 heteroatoms. The molecule has 2 rings (SSSR count). The summed E-state index contributed by atoms with van der Waals surface area (Å²) in [6.45, 7) is 7.40. The smallest absolute Gasteiger partial charge is 0.193 e. The predicted molar refractivity (Wildman–Crippen MR) is 103 cm³/mol. The van der Waals surface area contributed by atoms with Crippen LogP contribution in [0.4, 0.5) is 0 Å². The van der Waals surface area contributed by atoms with Crippen molar-refractivity contribution in [3.05, 3.63) is 0 Å². The van der Waals surface area contributed by atoms with Crippen LogP contribution in [-0.2, 0) is 0 Å². The van der Waals surface area contributed by atoms with Crippen molar-refractivity contribution in [2.75, 3.05) is 38.2 Å². The molecule has 0 aromatic rings. The van der Waals surface area contributed by atoms with E-state index in [0.29, 0.717) is 6.54 Å². The zero-order chi connectivity index (χ0) is 14.6. The van der Waals surface area contributed by atoms with Crippen LogP contribution < -0.4 is 5.32 Å². The average molecular weight is 427 g/mol. The van der Waals surface area contributed by atoms with Crippen LogP contribution in [0.2, 0.25) is 0 Å². The maximum absolute atomic E-state index is 10.4. The molecule has 2 N–H and O–H groups in total. The Morgan fingerprint density at radius 3 is 2.86 bits per heavy atom. The highest BCUT2D eigenvalue weighted by Gasteiger charge is 2.33. The second-order valence-corrected chi connectivity index (χ2v) is 7.76. The Morgan fingerprint density at radius 1 is 1.52 bits per heavy atom. The topological polar surface area (TPSA) is 47.9 Å². The minimum absolute atomic E-state index is 0. The van der Waals surface area contributed by atoms with Crippen molar-refractivity contribution in [3.8, 4) is 0 Å². The number of nitrogens with zero attached hydrogens (tertiary/aromatic N) is 2. The lowest BCUT2D eigenvalue weighted by Gasteiger charge is -2.27. The quantitative estimate of drug-likeness (QED) is 0.411. The van der Waals surface area contributed by atoms with Crippen LogP contribution in [0.3, 0.4) is 0 Å². The van der Waals surface area contributed by atoms with Crippen molar-refractivity contribution in [1.82, 2.24) is 10.2 Å². The molecule has 0 radical (unpaired) electrons. The van der Waals surface area contributed by atoms with E-state index in [1.807, 2.05) is 18.8 Å². The highest BCUT2D eigenvalue weighted by atomic mass is 127. The third-order valence-electron chi connectivity index (χ3n) is 4.26. The minimum Gasteiger partial charge on any atom is -0.387 e. The highest BCUT2D eigenvalue weighted by molar-refractivity contribution is 14.0. The van der Waals surface area contributed by atoms with Crippen molar-refractivity contribution < 1.29 is 5.11 Å². The van der Waals surface area contributed by atoms with Crippen LogP contribution in [0.25, 0.3) is 0 Å². The standard InChI is InChI=1S/C15H29N3OS.HI/c1-12(2)8-13-4-6-18(9-13)14(16-3)17-10-15(19)5-7-20-11-15;/h12-13,19H,4-11H2,1-3H3,(H,16,17);1H. The van der Waals surface area contributed by atoms with Crippen LogP contribution >= 0.6 is 35.7 Å². The molecule has 0 aromatic carbocycles. The van der Waals surface area contributed by atoms with Crippen molar-refractivity contribution in [2.24, 2.45) is 16.8 Å². The Hall–Kier alpha value is 0.310. The van der Waals surface area contributed by atoms with E-state index in [-0.39, 0.29) is 24.0 Å². The van der Waals surface area contributed by atoms with E-state index in [4.69, 9.17) is 0 Å². The number of aliphatic hydroxyl groups is 1. The van der Waals surface area contributed by atoms with Crippen LogP contribution in [0.15, 0.2) is 4.99 Å². The molecule has 2 aliphatic rings. The van der Waals surface area contributed by atoms with E-state index >= 15 is 0 Å². The number of guanidine groups is 1. The summed E-state index contributed by atoms with van der Waals surface area (Å²) in [5, 5.41) is 13.8. The van der Waals surface area contributed by atoms with Gasteiger partial charge in [0.25, 0.3) is 0 Å². The molecule has 0 saturated carbocycles. The minimum atomic E-state index is -0.544. The number of hydrogen-bond donors (Lipinski definition) is 2. The van der Waals surface area contributed by atoms with Crippen LogP contribution in [0.1, 0.15) is 33.1 Å². The Morgan fingerprint density at radius 2 is 2.29 bits per heavy atom. The van der Waals surface area contributed by atoms with Crippen LogP contribution in [-0.4, -0.2) is 59.8 Å². The van der Waals surface area contributed by atoms with E-state index in [9.17, 15) is 5.11 Å². The number of thioether (sulfide) groups is 1. The molecule has 0 amide bonds. The summed E-state index contributed by atoms with van der Waals surface area (Å²) in [5.41, 5.74) is -0.544. The van der Waals surface area contributed by atoms with Crippen LogP contribution in [0, 0.1) is 11.8 Å². The van der Waals surface area contributed by atoms with Gasteiger partial charge in [-0.05, 0) is 36.9 Å². The van der Waals surface area contributed by atoms with Crippen molar-refractivity contribution >= 4 is 41.7 Å². The first-order valence-corrected chi connectivity index (χ1v) is 8.93. The number of aliphatic imine (C=N–C) groups is 1. The van der Waals surface area contributed by atoms with Gasteiger partial charge in [0.15, 0.2) is 5.96 Å². The molecule has 2 heterocycles. The Bertz CT molecular complexity index is 346. The largest absolute Gasteiger partial charge is 0.387 e. The Labute approximate surface area is 150 Å². The van der Waals surface area contributed by atoms with Gasteiger partial charge >= 0.3 is 0 Å². The first kappa shape index (κ1) is 19.4. The molecule has 2 fully saturated rings. The van der Waals surface area contributed by atoms with Gasteiger partial charge < -0.3 is 15.3 Å². The summed E-state index contributed by atoms with van der Waals surface area (Å²) in [6, 6.07) is 0. The van der Waals surface area contributed by atoms with E-state index in [2.05, 4.69) is 29.1 Å².